The summed E-state index contributed by atoms with van der Waals surface area (Å²) in [5.41, 5.74) is 0. The molecule has 1 unspecified atom stereocenters. The molecule has 1 N–H and O–H groups in total. The van der Waals surface area contributed by atoms with E-state index in [-0.39, 0.29) is 12.8 Å². The van der Waals surface area contributed by atoms with Crippen molar-refractivity contribution in [3.63, 3.8) is 0 Å². The largest absolute Gasteiger partial charge is 0.400 e. The SMILES string of the molecule is CCCCCCCCCCCCCCCCCCC(F)(CCCCCCCCCCC)OS(=O)(=O)O. The third-order valence-electron chi connectivity index (χ3n) is 7.31. The Labute approximate surface area is 224 Å². The first-order valence-electron chi connectivity index (χ1n) is 15.7. The molecule has 1 atom stereocenters. The Hall–Kier alpha value is -0.200. The average molecular weight is 537 g/mol. The van der Waals surface area contributed by atoms with Gasteiger partial charge in [-0.2, -0.15) is 8.42 Å². The minimum absolute atomic E-state index is 0.0291. The van der Waals surface area contributed by atoms with Gasteiger partial charge in [-0.1, -0.05) is 162 Å². The van der Waals surface area contributed by atoms with Crippen LogP contribution < -0.4 is 0 Å². The smallest absolute Gasteiger partial charge is 0.263 e. The first-order valence-corrected chi connectivity index (χ1v) is 17.1. The first-order chi connectivity index (χ1) is 17.3. The quantitative estimate of drug-likeness (QED) is 0.0762. The van der Waals surface area contributed by atoms with Gasteiger partial charge in [0.05, 0.1) is 0 Å². The monoisotopic (exact) mass is 536 g/mol. The fourth-order valence-electron chi connectivity index (χ4n) is 5.03. The second kappa shape index (κ2) is 25.1. The molecule has 0 saturated heterocycles. The van der Waals surface area contributed by atoms with Gasteiger partial charge in [-0.3, -0.25) is 4.55 Å². The summed E-state index contributed by atoms with van der Waals surface area (Å²) >= 11 is 0. The predicted octanol–water partition coefficient (Wildman–Crippen LogP) is 11.0. The van der Waals surface area contributed by atoms with Gasteiger partial charge in [0, 0.05) is 12.8 Å². The number of unbranched alkanes of at least 4 members (excludes halogenated alkanes) is 23. The fourth-order valence-corrected chi connectivity index (χ4v) is 5.58. The van der Waals surface area contributed by atoms with Crippen LogP contribution in [0.2, 0.25) is 0 Å². The van der Waals surface area contributed by atoms with Crippen LogP contribution >= 0.6 is 0 Å². The van der Waals surface area contributed by atoms with E-state index in [0.717, 1.165) is 38.5 Å². The van der Waals surface area contributed by atoms with E-state index < -0.39 is 16.3 Å². The van der Waals surface area contributed by atoms with E-state index in [0.29, 0.717) is 12.8 Å². The van der Waals surface area contributed by atoms with Crippen LogP contribution in [-0.2, 0) is 14.6 Å². The Morgan fingerprint density at radius 2 is 0.722 bits per heavy atom. The van der Waals surface area contributed by atoms with E-state index in [9.17, 15) is 8.42 Å². The molecule has 0 fully saturated rings. The molecule has 0 aliphatic carbocycles. The van der Waals surface area contributed by atoms with Gasteiger partial charge in [-0.15, -0.1) is 0 Å². The van der Waals surface area contributed by atoms with E-state index in [2.05, 4.69) is 18.0 Å². The molecule has 0 rings (SSSR count). The number of halogens is 1. The van der Waals surface area contributed by atoms with Crippen LogP contribution in [0.25, 0.3) is 0 Å². The minimum atomic E-state index is -4.79. The summed E-state index contributed by atoms with van der Waals surface area (Å²) in [4.78, 5) is 0. The Balaban J connectivity index is 3.76. The molecule has 218 valence electrons. The summed E-state index contributed by atoms with van der Waals surface area (Å²) in [6.45, 7) is 4.47. The maximum absolute atomic E-state index is 15.1. The average Bonchev–Trinajstić information content (AvgIpc) is 2.81. The molecule has 0 spiro atoms. The summed E-state index contributed by atoms with van der Waals surface area (Å²) in [5.74, 6) is -2.27. The third kappa shape index (κ3) is 26.9. The van der Waals surface area contributed by atoms with Crippen LogP contribution in [0.4, 0.5) is 4.39 Å². The standard InChI is InChI=1S/C30H61FO4S/c1-3-5-7-9-11-13-14-15-16-17-18-19-21-23-25-27-29-30(31,35-36(32,33)34)28-26-24-22-20-12-10-8-6-4-2/h3-29H2,1-2H3,(H,32,33,34). The molecular weight excluding hydrogens is 475 g/mol. The molecule has 36 heavy (non-hydrogen) atoms. The molecule has 0 aliphatic rings. The Kier molecular flexibility index (Phi) is 25.0. The van der Waals surface area contributed by atoms with Crippen molar-refractivity contribution < 1.29 is 21.5 Å². The van der Waals surface area contributed by atoms with E-state index in [4.69, 9.17) is 4.55 Å². The second-order valence-corrected chi connectivity index (χ2v) is 12.0. The molecule has 0 aromatic rings. The Morgan fingerprint density at radius 1 is 0.500 bits per heavy atom. The zero-order chi connectivity index (χ0) is 26.8. The van der Waals surface area contributed by atoms with Gasteiger partial charge in [0.15, 0.2) is 0 Å². The third-order valence-corrected chi connectivity index (χ3v) is 7.82. The summed E-state index contributed by atoms with van der Waals surface area (Å²) in [6, 6.07) is 0. The Bertz CT molecular complexity index is 555. The molecule has 0 aromatic heterocycles. The van der Waals surface area contributed by atoms with E-state index in [1.165, 1.54) is 109 Å². The fraction of sp³-hybridized carbons (Fsp3) is 1.00. The predicted molar refractivity (Wildman–Crippen MR) is 152 cm³/mol. The molecule has 0 amide bonds. The molecule has 4 nitrogen and oxygen atoms in total. The number of rotatable bonds is 29. The molecule has 0 heterocycles. The second-order valence-electron chi connectivity index (χ2n) is 11.0. The van der Waals surface area contributed by atoms with Crippen LogP contribution in [0.15, 0.2) is 0 Å². The number of hydrogen-bond donors (Lipinski definition) is 1. The minimum Gasteiger partial charge on any atom is -0.263 e. The molecular formula is C30H61FO4S. The maximum atomic E-state index is 15.1. The molecule has 0 saturated carbocycles. The summed E-state index contributed by atoms with van der Waals surface area (Å²) in [5, 5.41) is 0. The van der Waals surface area contributed by atoms with Crippen LogP contribution in [0.3, 0.4) is 0 Å². The molecule has 6 heteroatoms. The van der Waals surface area contributed by atoms with Gasteiger partial charge in [0.2, 0.25) is 5.85 Å². The van der Waals surface area contributed by atoms with Crippen molar-refractivity contribution in [2.24, 2.45) is 0 Å². The van der Waals surface area contributed by atoms with E-state index in [1.54, 1.807) is 0 Å². The van der Waals surface area contributed by atoms with Crippen molar-refractivity contribution >= 4 is 10.4 Å². The van der Waals surface area contributed by atoms with Gasteiger partial charge in [-0.05, 0) is 12.8 Å². The number of alkyl halides is 1. The highest BCUT2D eigenvalue weighted by Crippen LogP contribution is 2.30. The normalized spacial score (nSPS) is 13.8. The van der Waals surface area contributed by atoms with Crippen molar-refractivity contribution in [3.05, 3.63) is 0 Å². The van der Waals surface area contributed by atoms with Crippen molar-refractivity contribution in [2.75, 3.05) is 0 Å². The highest BCUT2D eigenvalue weighted by molar-refractivity contribution is 7.80. The number of hydrogen-bond acceptors (Lipinski definition) is 3. The topological polar surface area (TPSA) is 63.6 Å². The highest BCUT2D eigenvalue weighted by atomic mass is 32.3. The van der Waals surface area contributed by atoms with Gasteiger partial charge in [0.1, 0.15) is 0 Å². The van der Waals surface area contributed by atoms with Crippen LogP contribution in [0, 0.1) is 0 Å². The Morgan fingerprint density at radius 3 is 0.944 bits per heavy atom. The lowest BCUT2D eigenvalue weighted by Crippen LogP contribution is -2.30. The van der Waals surface area contributed by atoms with Crippen molar-refractivity contribution in [2.45, 2.75) is 193 Å². The molecule has 0 aliphatic heterocycles. The summed E-state index contributed by atoms with van der Waals surface area (Å²) in [6.07, 6.45) is 29.8. The zero-order valence-electron chi connectivity index (χ0n) is 24.1. The van der Waals surface area contributed by atoms with E-state index >= 15 is 4.39 Å². The summed E-state index contributed by atoms with van der Waals surface area (Å²) in [7, 11) is -4.79. The van der Waals surface area contributed by atoms with E-state index in [1.807, 2.05) is 0 Å². The van der Waals surface area contributed by atoms with Gasteiger partial charge < -0.3 is 0 Å². The highest BCUT2D eigenvalue weighted by Gasteiger charge is 2.34. The molecule has 0 aromatic carbocycles. The molecule has 0 radical (unpaired) electrons. The van der Waals surface area contributed by atoms with Crippen LogP contribution in [0.5, 0.6) is 0 Å². The van der Waals surface area contributed by atoms with Crippen molar-refractivity contribution in [3.8, 4) is 0 Å². The summed E-state index contributed by atoms with van der Waals surface area (Å²) < 4.78 is 51.0. The first kappa shape index (κ1) is 35.8. The van der Waals surface area contributed by atoms with Gasteiger partial charge >= 0.3 is 10.4 Å². The van der Waals surface area contributed by atoms with Crippen LogP contribution in [0.1, 0.15) is 187 Å². The lowest BCUT2D eigenvalue weighted by atomic mass is 9.99. The van der Waals surface area contributed by atoms with Crippen LogP contribution in [-0.4, -0.2) is 18.8 Å². The van der Waals surface area contributed by atoms with Gasteiger partial charge in [0.25, 0.3) is 0 Å². The lowest BCUT2D eigenvalue weighted by Gasteiger charge is -2.23. The maximum Gasteiger partial charge on any atom is 0.400 e. The van der Waals surface area contributed by atoms with Crippen molar-refractivity contribution in [1.29, 1.82) is 0 Å². The zero-order valence-corrected chi connectivity index (χ0v) is 24.9. The van der Waals surface area contributed by atoms with Crippen molar-refractivity contribution in [1.82, 2.24) is 0 Å². The molecule has 0 bridgehead atoms. The van der Waals surface area contributed by atoms with Gasteiger partial charge in [-0.25, -0.2) is 8.57 Å². The lowest BCUT2D eigenvalue weighted by molar-refractivity contribution is -0.0805.